The number of allylic oxidation sites excluding steroid dienone is 2. The zero-order valence-corrected chi connectivity index (χ0v) is 22.2. The molecule has 0 N–H and O–H groups in total. The van der Waals surface area contributed by atoms with Crippen molar-refractivity contribution in [1.82, 2.24) is 0 Å². The molecule has 0 amide bonds. The van der Waals surface area contributed by atoms with E-state index in [0.29, 0.717) is 0 Å². The number of benzene rings is 4. The minimum absolute atomic E-state index is 0. The minimum Gasteiger partial charge on any atom is -0.182 e. The van der Waals surface area contributed by atoms with Crippen LogP contribution in [0, 0.1) is 12.2 Å². The van der Waals surface area contributed by atoms with Crippen molar-refractivity contribution in [3.63, 3.8) is 0 Å². The summed E-state index contributed by atoms with van der Waals surface area (Å²) in [6.45, 7) is 4.62. The van der Waals surface area contributed by atoms with Crippen LogP contribution in [0.3, 0.4) is 0 Å². The first-order chi connectivity index (χ1) is 14.6. The normalized spacial score (nSPS) is 12.3. The molecular weight excluding hydrogens is 491 g/mol. The van der Waals surface area contributed by atoms with Gasteiger partial charge in [-0.2, -0.15) is 35.4 Å². The molecule has 0 heterocycles. The summed E-state index contributed by atoms with van der Waals surface area (Å²) in [5.74, 6) is 0. The minimum atomic E-state index is 0. The maximum atomic E-state index is 3.32. The first kappa shape index (κ1) is 23.9. The predicted octanol–water partition coefficient (Wildman–Crippen LogP) is 7.41. The number of hydrogen-bond donors (Lipinski definition) is 0. The third-order valence-corrected chi connectivity index (χ3v) is 5.17. The zero-order valence-electron chi connectivity index (χ0n) is 17.9. The van der Waals surface area contributed by atoms with Gasteiger partial charge in [-0.25, -0.2) is 0 Å². The molecule has 0 bridgehead atoms. The molecular formula is C28H25ClSiZr. The summed E-state index contributed by atoms with van der Waals surface area (Å²) in [6.07, 6.45) is 12.9. The fourth-order valence-electron chi connectivity index (χ4n) is 3.84. The van der Waals surface area contributed by atoms with Gasteiger partial charge < -0.3 is 0 Å². The Morgan fingerprint density at radius 3 is 1.45 bits per heavy atom. The molecule has 0 nitrogen and oxygen atoms in total. The van der Waals surface area contributed by atoms with E-state index in [1.807, 2.05) is 0 Å². The molecule has 0 unspecified atom stereocenters. The van der Waals surface area contributed by atoms with Crippen LogP contribution in [-0.2, 0) is 36.2 Å². The molecule has 6 rings (SSSR count). The fraction of sp³-hybridized carbons (Fsp3) is 0.143. The molecule has 2 aliphatic rings. The van der Waals surface area contributed by atoms with Gasteiger partial charge in [0.2, 0.25) is 0 Å². The summed E-state index contributed by atoms with van der Waals surface area (Å²) in [7, 11) is 0. The van der Waals surface area contributed by atoms with Crippen LogP contribution in [0.5, 0.6) is 0 Å². The molecule has 0 atom stereocenters. The molecule has 0 aliphatic heterocycles. The Labute approximate surface area is 206 Å². The largest absolute Gasteiger partial charge is 0.182 e. The summed E-state index contributed by atoms with van der Waals surface area (Å²) in [4.78, 5) is 0. The van der Waals surface area contributed by atoms with Crippen molar-refractivity contribution < 1.29 is 23.3 Å². The maximum absolute atomic E-state index is 3.32. The monoisotopic (exact) mass is 514 g/mol. The van der Waals surface area contributed by atoms with E-state index >= 15 is 0 Å². The van der Waals surface area contributed by atoms with E-state index in [4.69, 9.17) is 0 Å². The summed E-state index contributed by atoms with van der Waals surface area (Å²) in [5.41, 5.74) is 5.59. The van der Waals surface area contributed by atoms with Gasteiger partial charge in [0.25, 0.3) is 0 Å². The third kappa shape index (κ3) is 5.75. The average Bonchev–Trinajstić information content (AvgIpc) is 3.43. The third-order valence-electron chi connectivity index (χ3n) is 5.17. The SMILES string of the molecule is C[Si](C)=[Zr+2].Cl.[C-]1=CCc2ccc3ccccc3c21.[C-]1=CCc2ccc3ccccc3c21. The number of fused-ring (bicyclic) bond motifs is 6. The van der Waals surface area contributed by atoms with E-state index in [1.54, 1.807) is 23.3 Å². The van der Waals surface area contributed by atoms with Crippen LogP contribution in [-0.4, -0.2) is 5.43 Å². The maximum Gasteiger partial charge on any atom is -0.0637 e. The van der Waals surface area contributed by atoms with Gasteiger partial charge >= 0.3 is 41.9 Å². The van der Waals surface area contributed by atoms with Gasteiger partial charge in [0.15, 0.2) is 0 Å². The molecule has 3 heteroatoms. The molecule has 0 spiro atoms. The van der Waals surface area contributed by atoms with Gasteiger partial charge in [-0.05, 0) is 0 Å². The molecule has 0 radical (unpaired) electrons. The Kier molecular flexibility index (Phi) is 8.67. The number of halogens is 1. The summed E-state index contributed by atoms with van der Waals surface area (Å²) >= 11 is 1.74. The second-order valence-corrected chi connectivity index (χ2v) is 17.1. The van der Waals surface area contributed by atoms with Gasteiger partial charge in [0.1, 0.15) is 0 Å². The topological polar surface area (TPSA) is 0 Å². The van der Waals surface area contributed by atoms with Crippen molar-refractivity contribution in [2.75, 3.05) is 0 Å². The quantitative estimate of drug-likeness (QED) is 0.169. The van der Waals surface area contributed by atoms with Gasteiger partial charge in [-0.15, -0.1) is 58.6 Å². The molecule has 0 aromatic heterocycles. The van der Waals surface area contributed by atoms with E-state index < -0.39 is 0 Å². The smallest absolute Gasteiger partial charge is 0.0637 e. The first-order valence-corrected chi connectivity index (χ1v) is 16.5. The van der Waals surface area contributed by atoms with Crippen LogP contribution in [0.25, 0.3) is 21.5 Å². The Morgan fingerprint density at radius 1 is 0.645 bits per heavy atom. The van der Waals surface area contributed by atoms with Crippen LogP contribution in [0.4, 0.5) is 0 Å². The van der Waals surface area contributed by atoms with E-state index in [1.165, 1.54) is 43.8 Å². The Bertz CT molecular complexity index is 1190. The van der Waals surface area contributed by atoms with Crippen LogP contribution < -0.4 is 0 Å². The summed E-state index contributed by atoms with van der Waals surface area (Å²) in [6, 6.07) is 25.7. The molecule has 0 fully saturated rings. The van der Waals surface area contributed by atoms with Gasteiger partial charge in [-0.1, -0.05) is 72.1 Å². The molecule has 31 heavy (non-hydrogen) atoms. The Balaban J connectivity index is 0.000000147. The molecule has 2 aliphatic carbocycles. The number of hydrogen-bond acceptors (Lipinski definition) is 0. The Hall–Kier alpha value is -1.73. The van der Waals surface area contributed by atoms with Crippen molar-refractivity contribution in [3.05, 3.63) is 119 Å². The van der Waals surface area contributed by atoms with Crippen LogP contribution in [0.2, 0.25) is 13.1 Å². The van der Waals surface area contributed by atoms with E-state index in [0.717, 1.165) is 12.8 Å². The van der Waals surface area contributed by atoms with Gasteiger partial charge in [-0.3, -0.25) is 0 Å². The van der Waals surface area contributed by atoms with E-state index in [9.17, 15) is 0 Å². The number of rotatable bonds is 0. The molecule has 0 saturated carbocycles. The molecule has 4 aromatic rings. The average molecular weight is 516 g/mol. The fourth-order valence-corrected chi connectivity index (χ4v) is 3.84. The second kappa shape index (κ2) is 11.2. The van der Waals surface area contributed by atoms with Crippen molar-refractivity contribution in [2.45, 2.75) is 25.9 Å². The second-order valence-electron chi connectivity index (χ2n) is 7.75. The van der Waals surface area contributed by atoms with Crippen LogP contribution in [0.15, 0.2) is 84.9 Å². The zero-order chi connectivity index (χ0) is 20.9. The van der Waals surface area contributed by atoms with Gasteiger partial charge in [0.05, 0.1) is 0 Å². The molecule has 152 valence electrons. The van der Waals surface area contributed by atoms with Crippen LogP contribution >= 0.6 is 12.4 Å². The molecule has 4 aromatic carbocycles. The van der Waals surface area contributed by atoms with E-state index in [-0.39, 0.29) is 17.8 Å². The van der Waals surface area contributed by atoms with Crippen molar-refractivity contribution in [1.29, 1.82) is 0 Å². The van der Waals surface area contributed by atoms with Crippen molar-refractivity contribution in [2.24, 2.45) is 0 Å². The Morgan fingerprint density at radius 2 is 1.03 bits per heavy atom. The predicted molar refractivity (Wildman–Crippen MR) is 134 cm³/mol. The summed E-state index contributed by atoms with van der Waals surface area (Å²) < 4.78 is 0. The van der Waals surface area contributed by atoms with Crippen molar-refractivity contribution in [3.8, 4) is 0 Å². The molecule has 0 saturated heterocycles. The van der Waals surface area contributed by atoms with Gasteiger partial charge in [0, 0.05) is 0 Å². The van der Waals surface area contributed by atoms with Crippen LogP contribution in [0.1, 0.15) is 22.3 Å². The van der Waals surface area contributed by atoms with E-state index in [2.05, 4.69) is 110 Å². The van der Waals surface area contributed by atoms with Crippen molar-refractivity contribution >= 4 is 39.4 Å². The standard InChI is InChI=1S/2C13H9.C2H6Si.ClH.Zr/c2*1-2-6-12-10(4-1)8-9-11-5-3-7-13(11)12;1-3-2;;/h2*1-4,6,8-9H,5H2;1-2H3;1H;/q2*-1;;;+2. The summed E-state index contributed by atoms with van der Waals surface area (Å²) in [5, 5.41) is 5.27. The first-order valence-electron chi connectivity index (χ1n) is 10.3.